The Labute approximate surface area is 231 Å². The minimum absolute atomic E-state index is 0.105. The van der Waals surface area contributed by atoms with Crippen molar-refractivity contribution in [2.45, 2.75) is 66.4 Å². The van der Waals surface area contributed by atoms with Gasteiger partial charge in [0.25, 0.3) is 0 Å². The second kappa shape index (κ2) is 10.00. The number of ether oxygens (including phenoxy) is 2. The number of hydrogen-bond acceptors (Lipinski definition) is 4. The molecule has 4 aromatic carbocycles. The third-order valence-corrected chi connectivity index (χ3v) is 7.58. The Morgan fingerprint density at radius 1 is 0.692 bits per heavy atom. The van der Waals surface area contributed by atoms with Crippen molar-refractivity contribution >= 4 is 22.5 Å². The van der Waals surface area contributed by atoms with E-state index in [1.165, 1.54) is 11.1 Å². The molecule has 4 heteroatoms. The highest BCUT2D eigenvalue weighted by Gasteiger charge is 2.26. The molecule has 39 heavy (non-hydrogen) atoms. The lowest BCUT2D eigenvalue weighted by atomic mass is 9.81. The summed E-state index contributed by atoms with van der Waals surface area (Å²) in [6.07, 6.45) is 2.53. The molecule has 0 aliphatic heterocycles. The average Bonchev–Trinajstić information content (AvgIpc) is 2.90. The van der Waals surface area contributed by atoms with Crippen molar-refractivity contribution in [3.05, 3.63) is 95.1 Å². The first-order valence-corrected chi connectivity index (χ1v) is 13.7. The fraction of sp³-hybridized carbons (Fsp3) is 0.314. The van der Waals surface area contributed by atoms with Crippen LogP contribution in [0.15, 0.2) is 72.8 Å². The molecule has 4 aromatic rings. The quantitative estimate of drug-likeness (QED) is 0.145. The first-order valence-electron chi connectivity index (χ1n) is 13.7. The van der Waals surface area contributed by atoms with Crippen molar-refractivity contribution < 1.29 is 19.1 Å². The summed E-state index contributed by atoms with van der Waals surface area (Å²) >= 11 is 0. The van der Waals surface area contributed by atoms with Gasteiger partial charge in [-0.1, -0.05) is 51.1 Å². The van der Waals surface area contributed by atoms with Gasteiger partial charge in [0.2, 0.25) is 0 Å². The summed E-state index contributed by atoms with van der Waals surface area (Å²) in [4.78, 5) is 26.1. The molecule has 4 nitrogen and oxygen atoms in total. The lowest BCUT2D eigenvalue weighted by Crippen LogP contribution is -2.23. The molecular weight excluding hydrogens is 484 g/mol. The summed E-state index contributed by atoms with van der Waals surface area (Å²) in [5.41, 5.74) is 5.24. The number of carbonyl (C=O) groups excluding carboxylic acids is 2. The zero-order valence-electron chi connectivity index (χ0n) is 23.7. The van der Waals surface area contributed by atoms with Gasteiger partial charge in [0.15, 0.2) is 5.78 Å². The normalized spacial score (nSPS) is 13.0. The molecule has 0 N–H and O–H groups in total. The maximum Gasteiger partial charge on any atom is 0.343 e. The van der Waals surface area contributed by atoms with Crippen molar-refractivity contribution in [3.8, 4) is 22.6 Å². The molecule has 1 aliphatic rings. The number of fused-ring (bicyclic) bond motifs is 4. The number of aryl methyl sites for hydroxylation is 2. The summed E-state index contributed by atoms with van der Waals surface area (Å²) in [5.74, 6) is 1.11. The van der Waals surface area contributed by atoms with Crippen LogP contribution < -0.4 is 9.47 Å². The van der Waals surface area contributed by atoms with E-state index in [9.17, 15) is 9.59 Å². The minimum atomic E-state index is -0.431. The van der Waals surface area contributed by atoms with Crippen LogP contribution in [0.1, 0.15) is 79.8 Å². The number of benzene rings is 4. The van der Waals surface area contributed by atoms with Crippen LogP contribution in [0.5, 0.6) is 11.5 Å². The van der Waals surface area contributed by atoms with E-state index in [1.807, 2.05) is 69.3 Å². The highest BCUT2D eigenvalue weighted by molar-refractivity contribution is 6.04. The van der Waals surface area contributed by atoms with Crippen LogP contribution in [-0.2, 0) is 12.8 Å². The Bertz CT molecular complexity index is 1590. The number of hydrogen-bond donors (Lipinski definition) is 0. The molecule has 5 rings (SSSR count). The first-order chi connectivity index (χ1) is 18.4. The van der Waals surface area contributed by atoms with E-state index in [1.54, 1.807) is 12.1 Å². The largest absolute Gasteiger partial charge is 0.488 e. The van der Waals surface area contributed by atoms with Gasteiger partial charge >= 0.3 is 5.97 Å². The zero-order chi connectivity index (χ0) is 27.9. The molecule has 0 heterocycles. The first kappa shape index (κ1) is 26.7. The molecule has 0 atom stereocenters. The topological polar surface area (TPSA) is 52.6 Å². The fourth-order valence-electron chi connectivity index (χ4n) is 5.06. The Kier molecular flexibility index (Phi) is 6.84. The highest BCUT2D eigenvalue weighted by atomic mass is 16.5. The van der Waals surface area contributed by atoms with Crippen molar-refractivity contribution in [2.24, 2.45) is 5.41 Å². The van der Waals surface area contributed by atoms with E-state index >= 15 is 0 Å². The van der Waals surface area contributed by atoms with Gasteiger partial charge < -0.3 is 9.47 Å². The molecule has 1 aliphatic carbocycles. The predicted octanol–water partition coefficient (Wildman–Crippen LogP) is 8.62. The second-order valence-electron chi connectivity index (χ2n) is 12.1. The predicted molar refractivity (Wildman–Crippen MR) is 157 cm³/mol. The maximum absolute atomic E-state index is 13.1. The van der Waals surface area contributed by atoms with Gasteiger partial charge in [-0.05, 0) is 116 Å². The van der Waals surface area contributed by atoms with Crippen molar-refractivity contribution in [1.82, 2.24) is 0 Å². The van der Waals surface area contributed by atoms with Crippen LogP contribution in [0.3, 0.4) is 0 Å². The summed E-state index contributed by atoms with van der Waals surface area (Å²) in [7, 11) is 0. The molecular formula is C35H36O4. The second-order valence-corrected chi connectivity index (χ2v) is 12.1. The molecule has 0 amide bonds. The molecule has 0 spiro atoms. The van der Waals surface area contributed by atoms with Gasteiger partial charge in [-0.15, -0.1) is 0 Å². The Hall–Kier alpha value is -3.92. The molecule has 0 saturated heterocycles. The Morgan fingerprint density at radius 3 is 1.87 bits per heavy atom. The zero-order valence-corrected chi connectivity index (χ0v) is 23.7. The number of ketones is 1. The van der Waals surface area contributed by atoms with Gasteiger partial charge in [0.05, 0.1) is 5.56 Å². The van der Waals surface area contributed by atoms with Gasteiger partial charge in [0, 0.05) is 11.0 Å². The summed E-state index contributed by atoms with van der Waals surface area (Å²) in [6.45, 7) is 12.1. The van der Waals surface area contributed by atoms with E-state index in [-0.39, 0.29) is 11.4 Å². The number of esters is 1. The van der Waals surface area contributed by atoms with Crippen molar-refractivity contribution in [1.29, 1.82) is 0 Å². The SMILES string of the molecule is CCC(C)(C)C(=O)c1ccc2ccc(C(=O)Oc3ccc4c(c3)CCc3cc(OC(C)(C)C)ccc3-4)cc2c1. The van der Waals surface area contributed by atoms with E-state index < -0.39 is 11.4 Å². The molecule has 0 saturated carbocycles. The molecule has 0 aromatic heterocycles. The number of Topliss-reactive ketones (excluding diaryl/α,β-unsaturated/α-hetero) is 1. The standard InChI is InChI=1S/C35H36O4/c1-7-35(5,6)32(36)25-12-8-22-9-13-26(19-27(22)18-25)33(37)38-28-14-16-30-23(20-28)10-11-24-21-29(15-17-31(24)30)39-34(2,3)4/h8-9,12-21H,7,10-11H2,1-6H3. The van der Waals surface area contributed by atoms with Crippen molar-refractivity contribution in [2.75, 3.05) is 0 Å². The van der Waals surface area contributed by atoms with Crippen LogP contribution in [-0.4, -0.2) is 17.4 Å². The molecule has 0 radical (unpaired) electrons. The van der Waals surface area contributed by atoms with Crippen LogP contribution in [0.4, 0.5) is 0 Å². The highest BCUT2D eigenvalue weighted by Crippen LogP contribution is 2.38. The van der Waals surface area contributed by atoms with E-state index in [4.69, 9.17) is 9.47 Å². The molecule has 0 fully saturated rings. The summed E-state index contributed by atoms with van der Waals surface area (Å²) < 4.78 is 11.9. The number of carbonyl (C=O) groups is 2. The monoisotopic (exact) mass is 520 g/mol. The van der Waals surface area contributed by atoms with Crippen LogP contribution in [0.25, 0.3) is 21.9 Å². The third-order valence-electron chi connectivity index (χ3n) is 7.58. The molecule has 0 bridgehead atoms. The lowest BCUT2D eigenvalue weighted by Gasteiger charge is -2.25. The number of rotatable bonds is 6. The van der Waals surface area contributed by atoms with Crippen LogP contribution in [0.2, 0.25) is 0 Å². The smallest absolute Gasteiger partial charge is 0.343 e. The van der Waals surface area contributed by atoms with Crippen LogP contribution >= 0.6 is 0 Å². The lowest BCUT2D eigenvalue weighted by molar-refractivity contribution is 0.0734. The molecule has 0 unspecified atom stereocenters. The van der Waals surface area contributed by atoms with Gasteiger partial charge in [-0.25, -0.2) is 4.79 Å². The molecule has 200 valence electrons. The van der Waals surface area contributed by atoms with E-state index in [0.717, 1.165) is 46.9 Å². The average molecular weight is 521 g/mol. The Balaban J connectivity index is 1.36. The maximum atomic E-state index is 13.1. The summed E-state index contributed by atoms with van der Waals surface area (Å²) in [6, 6.07) is 23.3. The van der Waals surface area contributed by atoms with Gasteiger partial charge in [0.1, 0.15) is 17.1 Å². The summed E-state index contributed by atoms with van der Waals surface area (Å²) in [5, 5.41) is 1.82. The fourth-order valence-corrected chi connectivity index (χ4v) is 5.06. The Morgan fingerprint density at radius 2 is 1.26 bits per heavy atom. The third kappa shape index (κ3) is 5.61. The van der Waals surface area contributed by atoms with E-state index in [0.29, 0.717) is 16.9 Å². The van der Waals surface area contributed by atoms with Gasteiger partial charge in [-0.3, -0.25) is 4.79 Å². The van der Waals surface area contributed by atoms with Gasteiger partial charge in [-0.2, -0.15) is 0 Å². The van der Waals surface area contributed by atoms with E-state index in [2.05, 4.69) is 32.9 Å². The minimum Gasteiger partial charge on any atom is -0.488 e. The van der Waals surface area contributed by atoms with Crippen LogP contribution in [0, 0.1) is 5.41 Å². The van der Waals surface area contributed by atoms with Crippen molar-refractivity contribution in [3.63, 3.8) is 0 Å².